The van der Waals surface area contributed by atoms with Crippen LogP contribution in [-0.4, -0.2) is 62.2 Å². The SMILES string of the molecule is CC1(C)C2CC[C@]13CS(=O)(=O)N(C(=O)CP(=O)(OCC(F)(F)F)OCC(F)(F)F)[C@@H]3C2. The summed E-state index contributed by atoms with van der Waals surface area (Å²) < 4.78 is 122. The molecule has 7 nitrogen and oxygen atoms in total. The third-order valence-electron chi connectivity index (χ3n) is 6.84. The van der Waals surface area contributed by atoms with E-state index in [0.29, 0.717) is 17.1 Å². The molecule has 0 aromatic heterocycles. The summed E-state index contributed by atoms with van der Waals surface area (Å²) in [6.45, 7) is -0.662. The second-order valence-electron chi connectivity index (χ2n) is 8.86. The van der Waals surface area contributed by atoms with E-state index in [4.69, 9.17) is 0 Å². The summed E-state index contributed by atoms with van der Waals surface area (Å²) >= 11 is 0. The number of nitrogens with zero attached hydrogens (tertiary/aromatic N) is 1. The smallest absolute Gasteiger partial charge is 0.299 e. The van der Waals surface area contributed by atoms with Crippen LogP contribution in [0, 0.1) is 16.7 Å². The Balaban J connectivity index is 1.85. The van der Waals surface area contributed by atoms with Gasteiger partial charge in [0, 0.05) is 5.41 Å². The zero-order valence-corrected chi connectivity index (χ0v) is 18.3. The Bertz CT molecular complexity index is 881. The molecule has 3 fully saturated rings. The number of carbonyl (C=O) groups excluding carboxylic acids is 1. The number of hydrogen-bond acceptors (Lipinski definition) is 6. The van der Waals surface area contributed by atoms with E-state index in [1.165, 1.54) is 0 Å². The highest BCUT2D eigenvalue weighted by Crippen LogP contribution is 2.70. The molecule has 1 unspecified atom stereocenters. The molecule has 0 N–H and O–H groups in total. The van der Waals surface area contributed by atoms with Crippen LogP contribution >= 0.6 is 7.60 Å². The Morgan fingerprint density at radius 1 is 1.10 bits per heavy atom. The number of halogens is 6. The van der Waals surface area contributed by atoms with Crippen LogP contribution in [0.25, 0.3) is 0 Å². The zero-order valence-electron chi connectivity index (χ0n) is 16.6. The first kappa shape index (κ1) is 24.8. The fourth-order valence-corrected chi connectivity index (χ4v) is 9.40. The second-order valence-corrected chi connectivity index (χ2v) is 12.8. The molecule has 3 atom stereocenters. The average Bonchev–Trinajstić information content (AvgIpc) is 3.04. The lowest BCUT2D eigenvalue weighted by atomic mass is 9.69. The van der Waals surface area contributed by atoms with Crippen molar-refractivity contribution >= 4 is 23.5 Å². The molecule has 0 radical (unpaired) electrons. The molecule has 15 heteroatoms. The van der Waals surface area contributed by atoms with Gasteiger partial charge < -0.3 is 0 Å². The van der Waals surface area contributed by atoms with Gasteiger partial charge in [-0.25, -0.2) is 12.7 Å². The number of amides is 1. The largest absolute Gasteiger partial charge is 0.412 e. The van der Waals surface area contributed by atoms with Gasteiger partial charge in [0.2, 0.25) is 15.9 Å². The van der Waals surface area contributed by atoms with E-state index < -0.39 is 72.1 Å². The Kier molecular flexibility index (Phi) is 5.86. The van der Waals surface area contributed by atoms with Gasteiger partial charge in [0.15, 0.2) is 13.2 Å². The predicted molar refractivity (Wildman–Crippen MR) is 94.5 cm³/mol. The van der Waals surface area contributed by atoms with Crippen LogP contribution in [0.2, 0.25) is 0 Å². The topological polar surface area (TPSA) is 90.0 Å². The minimum Gasteiger partial charge on any atom is -0.299 e. The number of rotatable bonds is 6. The number of hydrogen-bond donors (Lipinski definition) is 0. The lowest BCUT2D eigenvalue weighted by Crippen LogP contribution is -2.45. The van der Waals surface area contributed by atoms with Crippen LogP contribution < -0.4 is 0 Å². The van der Waals surface area contributed by atoms with Crippen LogP contribution in [0.5, 0.6) is 0 Å². The van der Waals surface area contributed by atoms with Crippen molar-refractivity contribution in [2.45, 2.75) is 51.5 Å². The third-order valence-corrected chi connectivity index (χ3v) is 10.5. The Hall–Kier alpha value is -0.850. The van der Waals surface area contributed by atoms with E-state index >= 15 is 0 Å². The van der Waals surface area contributed by atoms with Gasteiger partial charge >= 0.3 is 19.9 Å². The van der Waals surface area contributed by atoms with Crippen LogP contribution in [0.1, 0.15) is 33.1 Å². The van der Waals surface area contributed by atoms with Crippen LogP contribution in [0.4, 0.5) is 26.3 Å². The molecule has 1 aliphatic heterocycles. The summed E-state index contributed by atoms with van der Waals surface area (Å²) in [5.41, 5.74) is -1.20. The van der Waals surface area contributed by atoms with Gasteiger partial charge in [-0.15, -0.1) is 0 Å². The number of fused-ring (bicyclic) bond motifs is 1. The van der Waals surface area contributed by atoms with E-state index in [-0.39, 0.29) is 11.7 Å². The van der Waals surface area contributed by atoms with E-state index in [2.05, 4.69) is 9.05 Å². The van der Waals surface area contributed by atoms with Crippen molar-refractivity contribution in [1.29, 1.82) is 0 Å². The van der Waals surface area contributed by atoms with Crippen molar-refractivity contribution in [3.63, 3.8) is 0 Å². The molecule has 2 bridgehead atoms. The van der Waals surface area contributed by atoms with E-state index in [1.54, 1.807) is 0 Å². The van der Waals surface area contributed by atoms with Crippen molar-refractivity contribution in [2.75, 3.05) is 25.1 Å². The first-order valence-corrected chi connectivity index (χ1v) is 12.7. The Morgan fingerprint density at radius 2 is 1.61 bits per heavy atom. The van der Waals surface area contributed by atoms with Crippen molar-refractivity contribution in [3.8, 4) is 0 Å². The molecule has 2 aliphatic carbocycles. The minimum atomic E-state index is -5.26. The van der Waals surface area contributed by atoms with Crippen LogP contribution in [0.15, 0.2) is 0 Å². The predicted octanol–water partition coefficient (Wildman–Crippen LogP) is 3.70. The van der Waals surface area contributed by atoms with Gasteiger partial charge in [0.05, 0.1) is 11.8 Å². The molecule has 2 saturated carbocycles. The van der Waals surface area contributed by atoms with Gasteiger partial charge in [0.25, 0.3) is 0 Å². The second kappa shape index (κ2) is 7.33. The molecule has 180 valence electrons. The molecule has 1 saturated heterocycles. The first-order valence-electron chi connectivity index (χ1n) is 9.39. The summed E-state index contributed by atoms with van der Waals surface area (Å²) in [6.07, 6.45) is -10.1. The van der Waals surface area contributed by atoms with Gasteiger partial charge in [-0.05, 0) is 30.6 Å². The zero-order chi connectivity index (χ0) is 23.7. The van der Waals surface area contributed by atoms with E-state index in [0.717, 1.165) is 6.42 Å². The van der Waals surface area contributed by atoms with Crippen molar-refractivity contribution < 1.29 is 53.2 Å². The molecule has 0 aromatic carbocycles. The Morgan fingerprint density at radius 3 is 2.06 bits per heavy atom. The maximum Gasteiger partial charge on any atom is 0.412 e. The molecular formula is C16H22F6NO6PS. The fraction of sp³-hybridized carbons (Fsp3) is 0.938. The molecular weight excluding hydrogens is 479 g/mol. The fourth-order valence-electron chi connectivity index (χ4n) is 5.32. The summed E-state index contributed by atoms with van der Waals surface area (Å²) in [6, 6.07) is -0.794. The number of sulfonamides is 1. The van der Waals surface area contributed by atoms with Crippen LogP contribution in [0.3, 0.4) is 0 Å². The lowest BCUT2D eigenvalue weighted by molar-refractivity contribution is -0.165. The Labute approximate surface area is 175 Å². The van der Waals surface area contributed by atoms with Gasteiger partial charge in [-0.3, -0.25) is 18.4 Å². The summed E-state index contributed by atoms with van der Waals surface area (Å²) in [5, 5.41) is 0. The molecule has 0 aromatic rings. The maximum atomic E-state index is 12.8. The number of alkyl halides is 6. The van der Waals surface area contributed by atoms with E-state index in [9.17, 15) is 44.1 Å². The first-order chi connectivity index (χ1) is 13.8. The van der Waals surface area contributed by atoms with Crippen molar-refractivity contribution in [3.05, 3.63) is 0 Å². The van der Waals surface area contributed by atoms with E-state index in [1.807, 2.05) is 13.8 Å². The monoisotopic (exact) mass is 501 g/mol. The van der Waals surface area contributed by atoms with Crippen molar-refractivity contribution in [2.24, 2.45) is 16.7 Å². The molecule has 3 rings (SSSR count). The van der Waals surface area contributed by atoms with Gasteiger partial charge in [-0.2, -0.15) is 26.3 Å². The summed E-state index contributed by atoms with van der Waals surface area (Å²) in [4.78, 5) is 12.8. The highest BCUT2D eigenvalue weighted by atomic mass is 32.2. The highest BCUT2D eigenvalue weighted by Gasteiger charge is 2.72. The average molecular weight is 501 g/mol. The molecule has 1 heterocycles. The molecule has 3 aliphatic rings. The lowest BCUT2D eigenvalue weighted by Gasteiger charge is -2.37. The standard InChI is InChI=1S/C16H22F6NO6PS/c1-13(2)10-3-4-14(13)9-31(26,27)23(11(14)5-10)12(24)6-30(25,28-7-15(17,18)19)29-8-16(20,21)22/h10-11H,3-9H2,1-2H3/t10?,11-,14-/m1/s1. The summed E-state index contributed by atoms with van der Waals surface area (Å²) in [5.74, 6) is -1.65. The normalized spacial score (nSPS) is 31.8. The molecule has 31 heavy (non-hydrogen) atoms. The molecule has 1 spiro atoms. The highest BCUT2D eigenvalue weighted by molar-refractivity contribution is 7.90. The number of carbonyl (C=O) groups is 1. The third kappa shape index (κ3) is 4.49. The van der Waals surface area contributed by atoms with Gasteiger partial charge in [0.1, 0.15) is 6.16 Å². The van der Waals surface area contributed by atoms with Gasteiger partial charge in [-0.1, -0.05) is 13.8 Å². The quantitative estimate of drug-likeness (QED) is 0.407. The molecule has 1 amide bonds. The van der Waals surface area contributed by atoms with Crippen LogP contribution in [-0.2, 0) is 28.4 Å². The minimum absolute atomic E-state index is 0.109. The van der Waals surface area contributed by atoms with Crippen molar-refractivity contribution in [1.82, 2.24) is 4.31 Å². The maximum absolute atomic E-state index is 12.8. The summed E-state index contributed by atoms with van der Waals surface area (Å²) in [7, 11) is -9.47.